The van der Waals surface area contributed by atoms with E-state index in [2.05, 4.69) is 51.1 Å². The van der Waals surface area contributed by atoms with Crippen molar-refractivity contribution < 1.29 is 4.74 Å². The Morgan fingerprint density at radius 2 is 1.88 bits per heavy atom. The molecule has 0 saturated carbocycles. The van der Waals surface area contributed by atoms with Crippen LogP contribution in [0.2, 0.25) is 0 Å². The van der Waals surface area contributed by atoms with Gasteiger partial charge in [0.25, 0.3) is 0 Å². The number of hydrogen-bond donors (Lipinski definition) is 0. The molecule has 0 amide bonds. The molecule has 17 heavy (non-hydrogen) atoms. The zero-order valence-electron chi connectivity index (χ0n) is 10.7. The van der Waals surface area contributed by atoms with Gasteiger partial charge >= 0.3 is 0 Å². The lowest BCUT2D eigenvalue weighted by Crippen LogP contribution is -2.11. The summed E-state index contributed by atoms with van der Waals surface area (Å²) in [5.74, 6) is 0.00971. The van der Waals surface area contributed by atoms with Crippen molar-refractivity contribution in [3.05, 3.63) is 35.4 Å². The number of ether oxygens (including phenoxy) is 1. The van der Waals surface area contributed by atoms with Gasteiger partial charge in [-0.15, -0.1) is 0 Å². The molecular weight excluding hydrogens is 210 g/mol. The Bertz CT molecular complexity index is 422. The number of nitriles is 1. The molecule has 1 aliphatic rings. The van der Waals surface area contributed by atoms with Gasteiger partial charge in [0.05, 0.1) is 18.1 Å². The molecule has 2 unspecified atom stereocenters. The molecule has 0 aliphatic carbocycles. The van der Waals surface area contributed by atoms with Crippen LogP contribution in [-0.4, -0.2) is 6.61 Å². The Balaban J connectivity index is 2.21. The highest BCUT2D eigenvalue weighted by molar-refractivity contribution is 5.30. The van der Waals surface area contributed by atoms with Gasteiger partial charge in [-0.1, -0.05) is 45.0 Å². The van der Waals surface area contributed by atoms with Crippen LogP contribution in [0.3, 0.4) is 0 Å². The Kier molecular flexibility index (Phi) is 3.22. The van der Waals surface area contributed by atoms with E-state index in [1.54, 1.807) is 0 Å². The van der Waals surface area contributed by atoms with E-state index in [9.17, 15) is 0 Å². The van der Waals surface area contributed by atoms with Crippen molar-refractivity contribution in [3.8, 4) is 6.07 Å². The van der Waals surface area contributed by atoms with Crippen LogP contribution >= 0.6 is 0 Å². The third-order valence-corrected chi connectivity index (χ3v) is 3.36. The summed E-state index contributed by atoms with van der Waals surface area (Å²) in [5.41, 5.74) is 2.61. The second kappa shape index (κ2) is 4.50. The highest BCUT2D eigenvalue weighted by atomic mass is 16.5. The van der Waals surface area contributed by atoms with Crippen LogP contribution < -0.4 is 0 Å². The largest absolute Gasteiger partial charge is 0.372 e. The summed E-state index contributed by atoms with van der Waals surface area (Å²) >= 11 is 0. The first-order chi connectivity index (χ1) is 8.02. The van der Waals surface area contributed by atoms with Gasteiger partial charge in [0.2, 0.25) is 0 Å². The molecule has 2 heteroatoms. The highest BCUT2D eigenvalue weighted by Gasteiger charge is 2.29. The van der Waals surface area contributed by atoms with E-state index in [1.807, 2.05) is 0 Å². The maximum atomic E-state index is 9.05. The first-order valence-electron chi connectivity index (χ1n) is 6.14. The van der Waals surface area contributed by atoms with Gasteiger partial charge < -0.3 is 4.74 Å². The van der Waals surface area contributed by atoms with Crippen LogP contribution in [0, 0.1) is 17.2 Å². The van der Waals surface area contributed by atoms with Gasteiger partial charge in [-0.05, 0) is 23.0 Å². The third kappa shape index (κ3) is 2.50. The second-order valence-electron chi connectivity index (χ2n) is 5.69. The van der Waals surface area contributed by atoms with E-state index in [0.29, 0.717) is 6.61 Å². The van der Waals surface area contributed by atoms with Crippen molar-refractivity contribution in [1.29, 1.82) is 5.26 Å². The lowest BCUT2D eigenvalue weighted by Gasteiger charge is -2.20. The van der Waals surface area contributed by atoms with Crippen LogP contribution in [0.5, 0.6) is 0 Å². The Hall–Kier alpha value is -1.33. The molecule has 1 aromatic carbocycles. The fraction of sp³-hybridized carbons (Fsp3) is 0.533. The van der Waals surface area contributed by atoms with Crippen molar-refractivity contribution in [2.24, 2.45) is 5.92 Å². The molecular formula is C15H19NO. The minimum absolute atomic E-state index is 0.00971. The summed E-state index contributed by atoms with van der Waals surface area (Å²) in [6.07, 6.45) is 0.816. The average Bonchev–Trinajstić information content (AvgIpc) is 2.76. The van der Waals surface area contributed by atoms with Crippen molar-refractivity contribution in [2.45, 2.75) is 38.7 Å². The molecule has 90 valence electrons. The van der Waals surface area contributed by atoms with E-state index < -0.39 is 0 Å². The lowest BCUT2D eigenvalue weighted by molar-refractivity contribution is 0.101. The molecule has 1 aliphatic heterocycles. The fourth-order valence-corrected chi connectivity index (χ4v) is 2.22. The molecule has 0 bridgehead atoms. The van der Waals surface area contributed by atoms with Gasteiger partial charge in [0.15, 0.2) is 0 Å². The number of rotatable bonds is 1. The first-order valence-corrected chi connectivity index (χ1v) is 6.14. The molecule has 2 nitrogen and oxygen atoms in total. The van der Waals surface area contributed by atoms with Crippen molar-refractivity contribution in [3.63, 3.8) is 0 Å². The van der Waals surface area contributed by atoms with Crippen LogP contribution in [0.1, 0.15) is 44.4 Å². The predicted molar refractivity (Wildman–Crippen MR) is 67.6 cm³/mol. The summed E-state index contributed by atoms with van der Waals surface area (Å²) in [4.78, 5) is 0. The summed E-state index contributed by atoms with van der Waals surface area (Å²) in [7, 11) is 0. The van der Waals surface area contributed by atoms with E-state index in [4.69, 9.17) is 10.00 Å². The number of nitrogens with zero attached hydrogens (tertiary/aromatic N) is 1. The maximum absolute atomic E-state index is 9.05. The quantitative estimate of drug-likeness (QED) is 0.737. The minimum atomic E-state index is -0.0333. The van der Waals surface area contributed by atoms with Crippen molar-refractivity contribution in [2.75, 3.05) is 6.61 Å². The smallest absolute Gasteiger partial charge is 0.0983 e. The van der Waals surface area contributed by atoms with Crippen LogP contribution in [0.15, 0.2) is 24.3 Å². The SMILES string of the molecule is CC(C)(C)c1ccc(C2OCCC2C#N)cc1. The van der Waals surface area contributed by atoms with Gasteiger partial charge in [-0.25, -0.2) is 0 Å². The topological polar surface area (TPSA) is 33.0 Å². The average molecular weight is 229 g/mol. The fourth-order valence-electron chi connectivity index (χ4n) is 2.22. The van der Waals surface area contributed by atoms with Gasteiger partial charge in [-0.2, -0.15) is 5.26 Å². The Morgan fingerprint density at radius 1 is 1.24 bits per heavy atom. The summed E-state index contributed by atoms with van der Waals surface area (Å²) < 4.78 is 5.65. The predicted octanol–water partition coefficient (Wildman–Crippen LogP) is 3.59. The van der Waals surface area contributed by atoms with Crippen molar-refractivity contribution in [1.82, 2.24) is 0 Å². The van der Waals surface area contributed by atoms with E-state index in [1.165, 1.54) is 5.56 Å². The molecule has 1 saturated heterocycles. The summed E-state index contributed by atoms with van der Waals surface area (Å²) in [6.45, 7) is 7.30. The van der Waals surface area contributed by atoms with Crippen LogP contribution in [0.4, 0.5) is 0 Å². The number of benzene rings is 1. The second-order valence-corrected chi connectivity index (χ2v) is 5.69. The molecule has 1 aromatic rings. The standard InChI is InChI=1S/C15H19NO/c1-15(2,3)13-6-4-11(5-7-13)14-12(10-16)8-9-17-14/h4-7,12,14H,8-9H2,1-3H3. The molecule has 1 heterocycles. The maximum Gasteiger partial charge on any atom is 0.0983 e. The molecule has 2 rings (SSSR count). The molecule has 0 radical (unpaired) electrons. The summed E-state index contributed by atoms with van der Waals surface area (Å²) in [5, 5.41) is 9.05. The number of hydrogen-bond acceptors (Lipinski definition) is 2. The normalized spacial score (nSPS) is 24.6. The minimum Gasteiger partial charge on any atom is -0.372 e. The van der Waals surface area contributed by atoms with E-state index >= 15 is 0 Å². The van der Waals surface area contributed by atoms with E-state index in [-0.39, 0.29) is 17.4 Å². The molecule has 0 aromatic heterocycles. The monoisotopic (exact) mass is 229 g/mol. The van der Waals surface area contributed by atoms with Gasteiger partial charge in [0, 0.05) is 6.61 Å². The molecule has 1 fully saturated rings. The van der Waals surface area contributed by atoms with E-state index in [0.717, 1.165) is 12.0 Å². The van der Waals surface area contributed by atoms with Gasteiger partial charge in [-0.3, -0.25) is 0 Å². The van der Waals surface area contributed by atoms with Gasteiger partial charge in [0.1, 0.15) is 0 Å². The zero-order valence-corrected chi connectivity index (χ0v) is 10.7. The van der Waals surface area contributed by atoms with Crippen molar-refractivity contribution >= 4 is 0 Å². The Morgan fingerprint density at radius 3 is 2.41 bits per heavy atom. The summed E-state index contributed by atoms with van der Waals surface area (Å²) in [6, 6.07) is 10.8. The Labute approximate surface area is 103 Å². The highest BCUT2D eigenvalue weighted by Crippen LogP contribution is 2.34. The molecule has 0 N–H and O–H groups in total. The zero-order chi connectivity index (χ0) is 12.5. The lowest BCUT2D eigenvalue weighted by atomic mass is 9.85. The molecule has 2 atom stereocenters. The van der Waals surface area contributed by atoms with Crippen LogP contribution in [-0.2, 0) is 10.2 Å². The first kappa shape index (κ1) is 12.1. The third-order valence-electron chi connectivity index (χ3n) is 3.36. The van der Waals surface area contributed by atoms with Crippen LogP contribution in [0.25, 0.3) is 0 Å². The molecule has 0 spiro atoms.